The zero-order valence-electron chi connectivity index (χ0n) is 21.5. The van der Waals surface area contributed by atoms with Crippen molar-refractivity contribution in [3.05, 3.63) is 59.3 Å². The minimum atomic E-state index is -4.72. The maximum Gasteiger partial charge on any atom is 0.435 e. The normalized spacial score (nSPS) is 10.8. The van der Waals surface area contributed by atoms with Crippen LogP contribution >= 0.6 is 11.6 Å². The number of nitrogens with two attached hydrogens (primary N) is 1. The highest BCUT2D eigenvalue weighted by Crippen LogP contribution is 2.37. The Kier molecular flexibility index (Phi) is 10.4. The van der Waals surface area contributed by atoms with Gasteiger partial charge in [-0.1, -0.05) is 17.5 Å². The van der Waals surface area contributed by atoms with Crippen LogP contribution in [0, 0.1) is 12.3 Å². The van der Waals surface area contributed by atoms with Gasteiger partial charge in [-0.15, -0.1) is 6.42 Å². The predicted octanol–water partition coefficient (Wildman–Crippen LogP) is 2.15. The number of hydrogen-bond donors (Lipinski definition) is 5. The molecule has 0 fully saturated rings. The van der Waals surface area contributed by atoms with Crippen LogP contribution in [-0.4, -0.2) is 67.2 Å². The number of carbonyl (C=O) groups excluding carboxylic acids is 2. The van der Waals surface area contributed by atoms with Crippen LogP contribution in [0.15, 0.2) is 43.0 Å². The number of aromatic nitrogens is 5. The molecule has 13 nitrogen and oxygen atoms in total. The van der Waals surface area contributed by atoms with Gasteiger partial charge in [0.05, 0.1) is 34.6 Å². The molecule has 0 bridgehead atoms. The second kappa shape index (κ2) is 14.0. The third kappa shape index (κ3) is 7.53. The monoisotopic (exact) mass is 605 g/mol. The molecule has 0 saturated carbocycles. The van der Waals surface area contributed by atoms with E-state index in [4.69, 9.17) is 33.7 Å². The van der Waals surface area contributed by atoms with E-state index < -0.39 is 23.7 Å². The van der Waals surface area contributed by atoms with Crippen LogP contribution in [0.2, 0.25) is 5.02 Å². The highest BCUT2D eigenvalue weighted by molar-refractivity contribution is 6.34. The molecule has 0 radical (unpaired) electrons. The first kappa shape index (κ1) is 31.4. The van der Waals surface area contributed by atoms with Crippen molar-refractivity contribution >= 4 is 47.0 Å². The Morgan fingerprint density at radius 1 is 1.24 bits per heavy atom. The summed E-state index contributed by atoms with van der Waals surface area (Å²) >= 11 is 6.29. The van der Waals surface area contributed by atoms with Crippen LogP contribution in [0.25, 0.3) is 16.9 Å². The van der Waals surface area contributed by atoms with Crippen LogP contribution in [0.3, 0.4) is 0 Å². The van der Waals surface area contributed by atoms with E-state index in [0.29, 0.717) is 5.69 Å². The largest absolute Gasteiger partial charge is 0.483 e. The van der Waals surface area contributed by atoms with E-state index in [-0.39, 0.29) is 66.0 Å². The van der Waals surface area contributed by atoms with Gasteiger partial charge in [-0.25, -0.2) is 9.97 Å². The molecule has 6 N–H and O–H groups in total. The number of terminal acetylenes is 1. The lowest BCUT2D eigenvalue weighted by Gasteiger charge is -2.11. The van der Waals surface area contributed by atoms with Crippen molar-refractivity contribution in [2.24, 2.45) is 5.73 Å². The molecule has 17 heteroatoms. The zero-order valence-corrected chi connectivity index (χ0v) is 22.3. The molecule has 0 aliphatic heterocycles. The van der Waals surface area contributed by atoms with Crippen LogP contribution in [0.1, 0.15) is 16.1 Å². The fourth-order valence-corrected chi connectivity index (χ4v) is 3.91. The summed E-state index contributed by atoms with van der Waals surface area (Å²) in [5.74, 6) is 1.53. The molecule has 2 amide bonds. The number of carbonyl (C=O) groups is 3. The number of hydrogen-bond acceptors (Lipinski definition) is 8. The average molecular weight is 606 g/mol. The number of fused-ring (bicyclic) bond motifs is 1. The summed E-state index contributed by atoms with van der Waals surface area (Å²) in [4.78, 5) is 40.9. The van der Waals surface area contributed by atoms with Crippen LogP contribution in [-0.2, 0) is 22.3 Å². The van der Waals surface area contributed by atoms with Gasteiger partial charge in [-0.3, -0.25) is 23.5 Å². The summed E-state index contributed by atoms with van der Waals surface area (Å²) < 4.78 is 43.5. The lowest BCUT2D eigenvalue weighted by Crippen LogP contribution is -2.38. The van der Waals surface area contributed by atoms with Crippen molar-refractivity contribution in [1.29, 1.82) is 0 Å². The molecule has 4 rings (SSSR count). The van der Waals surface area contributed by atoms with Crippen LogP contribution < -0.4 is 21.7 Å². The third-order valence-corrected chi connectivity index (χ3v) is 5.65. The molecule has 4 aromatic rings. The number of nitrogens with one attached hydrogen (secondary N) is 3. The molecule has 220 valence electrons. The fourth-order valence-electron chi connectivity index (χ4n) is 3.64. The van der Waals surface area contributed by atoms with Crippen molar-refractivity contribution in [3.8, 4) is 23.6 Å². The third-order valence-electron chi connectivity index (χ3n) is 5.34. The molecule has 3 heterocycles. The van der Waals surface area contributed by atoms with Crippen molar-refractivity contribution in [1.82, 2.24) is 34.8 Å². The second-order valence-electron chi connectivity index (χ2n) is 8.15. The Hall–Kier alpha value is -5.14. The quantitative estimate of drug-likeness (QED) is 0.141. The van der Waals surface area contributed by atoms with E-state index in [0.717, 1.165) is 4.68 Å². The number of alkyl halides is 3. The van der Waals surface area contributed by atoms with E-state index in [1.54, 1.807) is 6.07 Å². The van der Waals surface area contributed by atoms with Gasteiger partial charge >= 0.3 is 6.18 Å². The standard InChI is InChI=1S/C24H21ClF3N9O2.CH2O2/c1-2-8-36-13-16(20(35-36)24(26,27)28)18-11-32-22-21(31-7-9-37(18)22)34-14-3-4-15(17(25)10-14)23(39)33-12-19(38)30-6-5-29;2-1-3/h1,3-4,7,9-11,13H,5-6,8,12,29H2,(H,30,38)(H,31,34)(H,33,39);1H,(H,2,3). The average Bonchev–Trinajstić information content (AvgIpc) is 3.56. The van der Waals surface area contributed by atoms with E-state index in [1.807, 2.05) is 0 Å². The molecular weight excluding hydrogens is 583 g/mol. The topological polar surface area (TPSA) is 182 Å². The number of rotatable bonds is 9. The summed E-state index contributed by atoms with van der Waals surface area (Å²) in [7, 11) is 0. The molecule has 0 aliphatic carbocycles. The van der Waals surface area contributed by atoms with Gasteiger partial charge in [0.2, 0.25) is 5.91 Å². The number of nitrogens with zero attached hydrogens (tertiary/aromatic N) is 5. The van der Waals surface area contributed by atoms with Gasteiger partial charge in [0.1, 0.15) is 6.54 Å². The molecule has 3 aromatic heterocycles. The molecule has 1 aromatic carbocycles. The molecule has 0 spiro atoms. The first-order valence-electron chi connectivity index (χ1n) is 11.8. The van der Waals surface area contributed by atoms with E-state index in [1.165, 1.54) is 41.3 Å². The Morgan fingerprint density at radius 3 is 2.62 bits per heavy atom. The van der Waals surface area contributed by atoms with Gasteiger partial charge in [-0.2, -0.15) is 18.3 Å². The minimum Gasteiger partial charge on any atom is -0.483 e. The number of carboxylic acid groups (broad SMARTS) is 1. The lowest BCUT2D eigenvalue weighted by atomic mass is 10.2. The number of benzene rings is 1. The van der Waals surface area contributed by atoms with Gasteiger partial charge in [-0.05, 0) is 18.2 Å². The first-order chi connectivity index (χ1) is 20.0. The summed E-state index contributed by atoms with van der Waals surface area (Å²) in [6.45, 7) is -0.0760. The summed E-state index contributed by atoms with van der Waals surface area (Å²) in [5.41, 5.74) is 4.95. The lowest BCUT2D eigenvalue weighted by molar-refractivity contribution is -0.141. The Balaban J connectivity index is 0.00000155. The number of imidazole rings is 1. The highest BCUT2D eigenvalue weighted by Gasteiger charge is 2.38. The van der Waals surface area contributed by atoms with Crippen LogP contribution in [0.5, 0.6) is 0 Å². The first-order valence-corrected chi connectivity index (χ1v) is 12.2. The van der Waals surface area contributed by atoms with Gasteiger partial charge in [0, 0.05) is 37.4 Å². The number of anilines is 2. The summed E-state index contributed by atoms with van der Waals surface area (Å²) in [6.07, 6.45) is 5.86. The smallest absolute Gasteiger partial charge is 0.435 e. The molecule has 0 aliphatic rings. The SMILES string of the molecule is C#CCn1cc(-c2cnc3c(Nc4ccc(C(=O)NCC(=O)NCCN)c(Cl)c4)nccn23)c(C(F)(F)F)n1.O=CO. The summed E-state index contributed by atoms with van der Waals surface area (Å²) in [6, 6.07) is 4.46. The Labute approximate surface area is 240 Å². The van der Waals surface area contributed by atoms with E-state index in [2.05, 4.69) is 36.9 Å². The van der Waals surface area contributed by atoms with E-state index in [9.17, 15) is 22.8 Å². The Morgan fingerprint density at radius 2 is 1.98 bits per heavy atom. The summed E-state index contributed by atoms with van der Waals surface area (Å²) in [5, 5.41) is 18.6. The number of amides is 2. The highest BCUT2D eigenvalue weighted by atomic mass is 35.5. The molecule has 0 saturated heterocycles. The Bertz CT molecular complexity index is 1630. The molecule has 0 unspecified atom stereocenters. The molecule has 42 heavy (non-hydrogen) atoms. The fraction of sp³-hybridized carbons (Fsp3) is 0.200. The van der Waals surface area contributed by atoms with Crippen molar-refractivity contribution in [2.45, 2.75) is 12.7 Å². The maximum atomic E-state index is 13.7. The second-order valence-corrected chi connectivity index (χ2v) is 8.56. The van der Waals surface area contributed by atoms with Crippen molar-refractivity contribution in [3.63, 3.8) is 0 Å². The minimum absolute atomic E-state index is 0.0894. The number of halogens is 4. The van der Waals surface area contributed by atoms with E-state index >= 15 is 0 Å². The van der Waals surface area contributed by atoms with Crippen LogP contribution in [0.4, 0.5) is 24.7 Å². The molecule has 0 atom stereocenters. The van der Waals surface area contributed by atoms with Crippen molar-refractivity contribution < 1.29 is 32.7 Å². The zero-order chi connectivity index (χ0) is 30.9. The predicted molar refractivity (Wildman–Crippen MR) is 146 cm³/mol. The van der Waals surface area contributed by atoms with Gasteiger partial charge in [0.15, 0.2) is 17.2 Å². The maximum absolute atomic E-state index is 13.7. The molecular formula is C25H23ClF3N9O4. The van der Waals surface area contributed by atoms with Gasteiger partial charge in [0.25, 0.3) is 12.4 Å². The van der Waals surface area contributed by atoms with Gasteiger partial charge < -0.3 is 26.8 Å². The van der Waals surface area contributed by atoms with Crippen molar-refractivity contribution in [2.75, 3.05) is 25.0 Å².